The minimum absolute atomic E-state index is 0.957. The second kappa shape index (κ2) is 4.50. The number of thioether (sulfide) groups is 1. The van der Waals surface area contributed by atoms with Crippen molar-refractivity contribution < 1.29 is 0 Å². The van der Waals surface area contributed by atoms with Gasteiger partial charge in [-0.25, -0.2) is 4.98 Å². The van der Waals surface area contributed by atoms with Gasteiger partial charge in [0.15, 0.2) is 0 Å². The maximum Gasteiger partial charge on any atom is 0.104 e. The summed E-state index contributed by atoms with van der Waals surface area (Å²) in [5, 5.41) is 0. The first kappa shape index (κ1) is 11.4. The SMILES string of the molecule is CSc1cccc(-c2cccc3[nH]c(C)nc23)c1. The highest BCUT2D eigenvalue weighted by molar-refractivity contribution is 7.98. The molecule has 2 aromatic carbocycles. The summed E-state index contributed by atoms with van der Waals surface area (Å²) in [7, 11) is 0. The lowest BCUT2D eigenvalue weighted by Gasteiger charge is -2.04. The lowest BCUT2D eigenvalue weighted by molar-refractivity contribution is 1.17. The standard InChI is InChI=1S/C15H14N2S/c1-10-16-14-8-4-7-13(15(14)17-10)11-5-3-6-12(9-11)18-2/h3-9H,1-2H3,(H,16,17). The maximum atomic E-state index is 4.58. The predicted molar refractivity (Wildman–Crippen MR) is 78.0 cm³/mol. The van der Waals surface area contributed by atoms with Crippen LogP contribution < -0.4 is 0 Å². The average molecular weight is 254 g/mol. The molecule has 2 nitrogen and oxygen atoms in total. The molecule has 0 aliphatic heterocycles. The maximum absolute atomic E-state index is 4.58. The summed E-state index contributed by atoms with van der Waals surface area (Å²) in [6.45, 7) is 1.99. The molecule has 0 atom stereocenters. The third kappa shape index (κ3) is 1.91. The molecule has 1 heterocycles. The highest BCUT2D eigenvalue weighted by atomic mass is 32.2. The summed E-state index contributed by atoms with van der Waals surface area (Å²) >= 11 is 1.76. The number of nitrogens with one attached hydrogen (secondary N) is 1. The first-order valence-electron chi connectivity index (χ1n) is 5.87. The molecular weight excluding hydrogens is 240 g/mol. The Hall–Kier alpha value is -1.74. The number of hydrogen-bond donors (Lipinski definition) is 1. The van der Waals surface area contributed by atoms with Gasteiger partial charge in [-0.1, -0.05) is 24.3 Å². The molecule has 1 N–H and O–H groups in total. The minimum Gasteiger partial charge on any atom is -0.342 e. The van der Waals surface area contributed by atoms with Gasteiger partial charge in [-0.15, -0.1) is 11.8 Å². The van der Waals surface area contributed by atoms with Crippen molar-refractivity contribution in [1.29, 1.82) is 0 Å². The van der Waals surface area contributed by atoms with Crippen molar-refractivity contribution in [3.8, 4) is 11.1 Å². The van der Waals surface area contributed by atoms with Crippen LogP contribution in [0, 0.1) is 6.92 Å². The summed E-state index contributed by atoms with van der Waals surface area (Å²) in [5.41, 5.74) is 4.56. The van der Waals surface area contributed by atoms with Crippen LogP contribution >= 0.6 is 11.8 Å². The van der Waals surface area contributed by atoms with E-state index >= 15 is 0 Å². The Labute approximate surface area is 110 Å². The zero-order valence-corrected chi connectivity index (χ0v) is 11.2. The number of H-pyrrole nitrogens is 1. The Kier molecular flexibility index (Phi) is 2.84. The number of aromatic nitrogens is 2. The molecule has 18 heavy (non-hydrogen) atoms. The van der Waals surface area contributed by atoms with Gasteiger partial charge in [0.1, 0.15) is 5.82 Å². The largest absolute Gasteiger partial charge is 0.342 e. The van der Waals surface area contributed by atoms with E-state index < -0.39 is 0 Å². The fraction of sp³-hybridized carbons (Fsp3) is 0.133. The molecule has 0 unspecified atom stereocenters. The number of imidazole rings is 1. The van der Waals surface area contributed by atoms with Crippen LogP contribution in [0.4, 0.5) is 0 Å². The Morgan fingerprint density at radius 3 is 2.78 bits per heavy atom. The van der Waals surface area contributed by atoms with E-state index in [2.05, 4.69) is 58.7 Å². The monoisotopic (exact) mass is 254 g/mol. The molecule has 0 bridgehead atoms. The van der Waals surface area contributed by atoms with Crippen LogP contribution in [0.15, 0.2) is 47.4 Å². The van der Waals surface area contributed by atoms with E-state index in [1.807, 2.05) is 6.92 Å². The molecule has 1 aromatic heterocycles. The molecule has 3 heteroatoms. The molecule has 0 fully saturated rings. The zero-order valence-electron chi connectivity index (χ0n) is 10.4. The normalized spacial score (nSPS) is 11.0. The molecule has 3 aromatic rings. The molecule has 0 aliphatic carbocycles. The molecule has 0 saturated heterocycles. The average Bonchev–Trinajstić information content (AvgIpc) is 2.78. The second-order valence-electron chi connectivity index (χ2n) is 4.26. The number of benzene rings is 2. The molecule has 0 aliphatic rings. The Morgan fingerprint density at radius 2 is 1.94 bits per heavy atom. The van der Waals surface area contributed by atoms with Crippen molar-refractivity contribution in [1.82, 2.24) is 9.97 Å². The number of fused-ring (bicyclic) bond motifs is 1. The van der Waals surface area contributed by atoms with E-state index in [4.69, 9.17) is 0 Å². The van der Waals surface area contributed by atoms with E-state index in [1.54, 1.807) is 11.8 Å². The van der Waals surface area contributed by atoms with Gasteiger partial charge in [-0.2, -0.15) is 0 Å². The van der Waals surface area contributed by atoms with Crippen molar-refractivity contribution in [3.63, 3.8) is 0 Å². The van der Waals surface area contributed by atoms with E-state index in [9.17, 15) is 0 Å². The molecule has 0 radical (unpaired) electrons. The van der Waals surface area contributed by atoms with Gasteiger partial charge in [0.2, 0.25) is 0 Å². The lowest BCUT2D eigenvalue weighted by Crippen LogP contribution is -1.81. The Balaban J connectivity index is 2.24. The van der Waals surface area contributed by atoms with Crippen LogP contribution in [0.1, 0.15) is 5.82 Å². The number of para-hydroxylation sites is 1. The second-order valence-corrected chi connectivity index (χ2v) is 5.14. The minimum atomic E-state index is 0.957. The summed E-state index contributed by atoms with van der Waals surface area (Å²) in [6, 6.07) is 14.8. The lowest BCUT2D eigenvalue weighted by atomic mass is 10.0. The van der Waals surface area contributed by atoms with Crippen molar-refractivity contribution in [2.75, 3.05) is 6.26 Å². The Morgan fingerprint density at radius 1 is 1.11 bits per heavy atom. The number of rotatable bonds is 2. The molecular formula is C15H14N2S. The fourth-order valence-corrected chi connectivity index (χ4v) is 2.64. The molecule has 0 saturated carbocycles. The van der Waals surface area contributed by atoms with E-state index in [0.29, 0.717) is 0 Å². The van der Waals surface area contributed by atoms with Crippen molar-refractivity contribution >= 4 is 22.8 Å². The summed E-state index contributed by atoms with van der Waals surface area (Å²) in [6.07, 6.45) is 2.10. The van der Waals surface area contributed by atoms with Crippen molar-refractivity contribution in [2.24, 2.45) is 0 Å². The Bertz CT molecular complexity index is 701. The summed E-state index contributed by atoms with van der Waals surface area (Å²) < 4.78 is 0. The highest BCUT2D eigenvalue weighted by Gasteiger charge is 2.07. The predicted octanol–water partition coefficient (Wildman–Crippen LogP) is 4.26. The fourth-order valence-electron chi connectivity index (χ4n) is 2.18. The van der Waals surface area contributed by atoms with E-state index in [1.165, 1.54) is 16.0 Å². The number of hydrogen-bond acceptors (Lipinski definition) is 2. The third-order valence-electron chi connectivity index (χ3n) is 3.01. The molecule has 90 valence electrons. The van der Waals surface area contributed by atoms with E-state index in [0.717, 1.165) is 16.9 Å². The van der Waals surface area contributed by atoms with Gasteiger partial charge < -0.3 is 4.98 Å². The van der Waals surface area contributed by atoms with Gasteiger partial charge in [0.05, 0.1) is 11.0 Å². The quantitative estimate of drug-likeness (QED) is 0.692. The molecule has 3 rings (SSSR count). The van der Waals surface area contributed by atoms with Crippen LogP contribution in [0.2, 0.25) is 0 Å². The smallest absolute Gasteiger partial charge is 0.104 e. The van der Waals surface area contributed by atoms with Gasteiger partial charge >= 0.3 is 0 Å². The van der Waals surface area contributed by atoms with Gasteiger partial charge in [-0.3, -0.25) is 0 Å². The van der Waals surface area contributed by atoms with Gasteiger partial charge in [0.25, 0.3) is 0 Å². The third-order valence-corrected chi connectivity index (χ3v) is 3.74. The van der Waals surface area contributed by atoms with Crippen LogP contribution in [0.25, 0.3) is 22.2 Å². The first-order chi connectivity index (χ1) is 8.78. The van der Waals surface area contributed by atoms with Crippen LogP contribution in [-0.2, 0) is 0 Å². The van der Waals surface area contributed by atoms with Gasteiger partial charge in [-0.05, 0) is 36.9 Å². The van der Waals surface area contributed by atoms with Crippen LogP contribution in [0.3, 0.4) is 0 Å². The summed E-state index contributed by atoms with van der Waals surface area (Å²) in [5.74, 6) is 0.957. The van der Waals surface area contributed by atoms with E-state index in [-0.39, 0.29) is 0 Å². The number of aromatic amines is 1. The van der Waals surface area contributed by atoms with Gasteiger partial charge in [0, 0.05) is 10.5 Å². The molecule has 0 spiro atoms. The number of aryl methyl sites for hydroxylation is 1. The summed E-state index contributed by atoms with van der Waals surface area (Å²) in [4.78, 5) is 9.14. The van der Waals surface area contributed by atoms with Crippen molar-refractivity contribution in [3.05, 3.63) is 48.3 Å². The topological polar surface area (TPSA) is 28.7 Å². The van der Waals surface area contributed by atoms with Crippen LogP contribution in [0.5, 0.6) is 0 Å². The van der Waals surface area contributed by atoms with Crippen LogP contribution in [-0.4, -0.2) is 16.2 Å². The number of nitrogens with zero attached hydrogens (tertiary/aromatic N) is 1. The molecule has 0 amide bonds. The highest BCUT2D eigenvalue weighted by Crippen LogP contribution is 2.29. The first-order valence-corrected chi connectivity index (χ1v) is 7.10. The zero-order chi connectivity index (χ0) is 12.5. The van der Waals surface area contributed by atoms with Crippen molar-refractivity contribution in [2.45, 2.75) is 11.8 Å².